The second kappa shape index (κ2) is 10.6. The Hall–Kier alpha value is -4.88. The van der Waals surface area contributed by atoms with Crippen LogP contribution in [0, 0.1) is 23.7 Å². The lowest BCUT2D eigenvalue weighted by molar-refractivity contribution is -0.0399. The number of para-hydroxylation sites is 1. The van der Waals surface area contributed by atoms with E-state index in [1.165, 1.54) is 82.5 Å². The van der Waals surface area contributed by atoms with Gasteiger partial charge in [0.15, 0.2) is 0 Å². The van der Waals surface area contributed by atoms with Crippen LogP contribution in [0.25, 0.3) is 33.4 Å². The Morgan fingerprint density at radius 2 is 1.00 bits per heavy atom. The lowest BCUT2D eigenvalue weighted by Gasteiger charge is -2.61. The summed E-state index contributed by atoms with van der Waals surface area (Å²) in [7, 11) is 0. The van der Waals surface area contributed by atoms with Gasteiger partial charge in [0.25, 0.3) is 0 Å². The zero-order valence-electron chi connectivity index (χ0n) is 26.7. The van der Waals surface area contributed by atoms with Crippen molar-refractivity contribution in [2.45, 2.75) is 37.5 Å². The maximum atomic E-state index is 2.62. The fourth-order valence-electron chi connectivity index (χ4n) is 10.7. The first-order valence-corrected chi connectivity index (χ1v) is 17.6. The quantitative estimate of drug-likeness (QED) is 0.189. The summed E-state index contributed by atoms with van der Waals surface area (Å²) in [5, 5.41) is 0. The molecule has 6 aromatic rings. The van der Waals surface area contributed by atoms with Gasteiger partial charge in [0.05, 0.1) is 5.69 Å². The molecule has 47 heavy (non-hydrogen) atoms. The zero-order chi connectivity index (χ0) is 31.0. The number of hydrogen-bond donors (Lipinski definition) is 0. The lowest BCUT2D eigenvalue weighted by atomic mass is 9.43. The van der Waals surface area contributed by atoms with Crippen LogP contribution in [0.5, 0.6) is 0 Å². The highest BCUT2D eigenvalue weighted by atomic mass is 15.1. The molecule has 228 valence electrons. The van der Waals surface area contributed by atoms with Crippen LogP contribution in [-0.2, 0) is 5.41 Å². The average Bonchev–Trinajstić information content (AvgIpc) is 3.42. The smallest absolute Gasteiger partial charge is 0.0540 e. The molecule has 1 heteroatoms. The Balaban J connectivity index is 1.20. The summed E-state index contributed by atoms with van der Waals surface area (Å²) in [6.07, 6.45) is 7.05. The fourth-order valence-corrected chi connectivity index (χ4v) is 10.7. The lowest BCUT2D eigenvalue weighted by Crippen LogP contribution is -2.55. The normalized spacial score (nSPS) is 24.7. The molecule has 0 N–H and O–H groups in total. The predicted octanol–water partition coefficient (Wildman–Crippen LogP) is 12.2. The second-order valence-electron chi connectivity index (χ2n) is 14.6. The van der Waals surface area contributed by atoms with Crippen molar-refractivity contribution in [2.24, 2.45) is 23.7 Å². The van der Waals surface area contributed by atoms with E-state index in [0.29, 0.717) is 0 Å². The highest BCUT2D eigenvalue weighted by Crippen LogP contribution is 2.69. The number of benzene rings is 6. The Kier molecular flexibility index (Phi) is 6.13. The van der Waals surface area contributed by atoms with Crippen molar-refractivity contribution < 1.29 is 0 Å². The van der Waals surface area contributed by atoms with Gasteiger partial charge in [-0.25, -0.2) is 0 Å². The number of nitrogens with zero attached hydrogens (tertiary/aromatic N) is 1. The Morgan fingerprint density at radius 1 is 0.404 bits per heavy atom. The van der Waals surface area contributed by atoms with Gasteiger partial charge in [0.2, 0.25) is 0 Å². The molecule has 0 aromatic heterocycles. The molecule has 0 aliphatic heterocycles. The van der Waals surface area contributed by atoms with E-state index < -0.39 is 0 Å². The monoisotopic (exact) mass is 605 g/mol. The maximum Gasteiger partial charge on any atom is 0.0540 e. The van der Waals surface area contributed by atoms with Gasteiger partial charge in [-0.05, 0) is 131 Å². The van der Waals surface area contributed by atoms with Gasteiger partial charge in [-0.1, -0.05) is 115 Å². The summed E-state index contributed by atoms with van der Waals surface area (Å²) in [6.45, 7) is 0. The van der Waals surface area contributed by atoms with Crippen molar-refractivity contribution in [2.75, 3.05) is 4.90 Å². The van der Waals surface area contributed by atoms with Gasteiger partial charge in [-0.3, -0.25) is 0 Å². The van der Waals surface area contributed by atoms with Crippen LogP contribution < -0.4 is 4.90 Å². The summed E-state index contributed by atoms with van der Waals surface area (Å²) >= 11 is 0. The molecule has 5 aliphatic carbocycles. The van der Waals surface area contributed by atoms with Crippen LogP contribution >= 0.6 is 0 Å². The van der Waals surface area contributed by atoms with E-state index in [9.17, 15) is 0 Å². The Morgan fingerprint density at radius 3 is 1.70 bits per heavy atom. The average molecular weight is 606 g/mol. The zero-order valence-corrected chi connectivity index (χ0v) is 26.7. The summed E-state index contributed by atoms with van der Waals surface area (Å²) in [4.78, 5) is 2.52. The largest absolute Gasteiger partial charge is 0.310 e. The van der Waals surface area contributed by atoms with Gasteiger partial charge in [-0.15, -0.1) is 0 Å². The van der Waals surface area contributed by atoms with Crippen molar-refractivity contribution in [3.63, 3.8) is 0 Å². The predicted molar refractivity (Wildman–Crippen MR) is 195 cm³/mol. The van der Waals surface area contributed by atoms with Gasteiger partial charge in [0, 0.05) is 22.4 Å². The van der Waals surface area contributed by atoms with Crippen molar-refractivity contribution >= 4 is 17.1 Å². The third kappa shape index (κ3) is 4.08. The van der Waals surface area contributed by atoms with Gasteiger partial charge < -0.3 is 4.90 Å². The molecule has 11 rings (SSSR count). The molecule has 1 nitrogen and oxygen atoms in total. The molecule has 5 aliphatic rings. The Labute approximate surface area is 278 Å². The molecule has 0 atom stereocenters. The van der Waals surface area contributed by atoms with E-state index in [1.54, 1.807) is 11.1 Å². The van der Waals surface area contributed by atoms with E-state index in [2.05, 4.69) is 157 Å². The first-order chi connectivity index (χ1) is 23.3. The number of fused-ring (bicyclic) bond motifs is 3. The highest BCUT2D eigenvalue weighted by Gasteiger charge is 2.61. The van der Waals surface area contributed by atoms with Crippen molar-refractivity contribution in [3.8, 4) is 33.4 Å². The molecule has 4 bridgehead atoms. The Bertz CT molecular complexity index is 2070. The summed E-state index contributed by atoms with van der Waals surface area (Å²) in [6, 6.07) is 56.6. The number of rotatable bonds is 5. The number of anilines is 3. The van der Waals surface area contributed by atoms with Crippen molar-refractivity contribution in [3.05, 3.63) is 163 Å². The van der Waals surface area contributed by atoms with Crippen LogP contribution in [0.15, 0.2) is 152 Å². The van der Waals surface area contributed by atoms with Crippen LogP contribution in [-0.4, -0.2) is 0 Å². The molecule has 0 amide bonds. The third-order valence-corrected chi connectivity index (χ3v) is 12.2. The molecule has 4 fully saturated rings. The minimum Gasteiger partial charge on any atom is -0.310 e. The van der Waals surface area contributed by atoms with Crippen LogP contribution in [0.4, 0.5) is 17.1 Å². The van der Waals surface area contributed by atoms with E-state index in [1.807, 2.05) is 0 Å². The molecule has 4 saturated carbocycles. The fraction of sp³-hybridized carbons (Fsp3) is 0.217. The minimum absolute atomic E-state index is 0.136. The van der Waals surface area contributed by atoms with Crippen LogP contribution in [0.1, 0.15) is 43.2 Å². The third-order valence-electron chi connectivity index (χ3n) is 12.2. The first kappa shape index (κ1) is 27.3. The van der Waals surface area contributed by atoms with Crippen LogP contribution in [0.2, 0.25) is 0 Å². The maximum absolute atomic E-state index is 2.62. The van der Waals surface area contributed by atoms with Gasteiger partial charge in [-0.2, -0.15) is 0 Å². The summed E-state index contributed by atoms with van der Waals surface area (Å²) in [5.74, 6) is 3.35. The van der Waals surface area contributed by atoms with Crippen molar-refractivity contribution in [1.82, 2.24) is 0 Å². The standard InChI is InChI=1S/C46H39N/c1-4-12-33(13-5-1)35-20-23-45(42(29-35)34-14-6-2-7-15-34)47(38-16-8-3-9-17-38)39-21-22-41-40-18-10-11-19-43(40)46(44(41)30-39)36-25-31-24-32(27-36)28-37(46)26-31/h1-23,29-32,36-37H,24-28H2. The van der Waals surface area contributed by atoms with E-state index in [0.717, 1.165) is 23.7 Å². The molecule has 1 spiro atoms. The van der Waals surface area contributed by atoms with Crippen LogP contribution in [0.3, 0.4) is 0 Å². The molecule has 6 aromatic carbocycles. The van der Waals surface area contributed by atoms with E-state index in [-0.39, 0.29) is 5.41 Å². The number of hydrogen-bond acceptors (Lipinski definition) is 1. The van der Waals surface area contributed by atoms with E-state index >= 15 is 0 Å². The summed E-state index contributed by atoms with van der Waals surface area (Å²) in [5.41, 5.74) is 14.9. The SMILES string of the molecule is c1ccc(-c2ccc(N(c3ccccc3)c3ccc4c(c3)C3(c5ccccc5-4)C4CC5CC(C4)CC3C5)c(-c3ccccc3)c2)cc1. The highest BCUT2D eigenvalue weighted by molar-refractivity contribution is 5.92. The topological polar surface area (TPSA) is 3.24 Å². The second-order valence-corrected chi connectivity index (χ2v) is 14.6. The minimum atomic E-state index is 0.136. The molecule has 0 unspecified atom stereocenters. The molecule has 0 saturated heterocycles. The molecular weight excluding hydrogens is 567 g/mol. The molecule has 0 heterocycles. The van der Waals surface area contributed by atoms with Gasteiger partial charge >= 0.3 is 0 Å². The first-order valence-electron chi connectivity index (χ1n) is 17.6. The summed E-state index contributed by atoms with van der Waals surface area (Å²) < 4.78 is 0. The van der Waals surface area contributed by atoms with Gasteiger partial charge in [0.1, 0.15) is 0 Å². The molecule has 0 radical (unpaired) electrons. The van der Waals surface area contributed by atoms with E-state index in [4.69, 9.17) is 0 Å². The van der Waals surface area contributed by atoms with Crippen molar-refractivity contribution in [1.29, 1.82) is 0 Å². The molecular formula is C46H39N.